The molecule has 15 aromatic rings. The summed E-state index contributed by atoms with van der Waals surface area (Å²) in [4.78, 5) is 74.5. The Morgan fingerprint density at radius 2 is 0.802 bits per heavy atom. The Morgan fingerprint density at radius 1 is 0.406 bits per heavy atom. The molecule has 16 rings (SSSR count). The number of H-pyrrole nitrogens is 4. The van der Waals surface area contributed by atoms with Crippen molar-refractivity contribution in [1.29, 1.82) is 0 Å². The van der Waals surface area contributed by atoms with E-state index in [1.165, 1.54) is 62.4 Å². The molecule has 0 radical (unpaired) electrons. The zero-order valence-corrected chi connectivity index (χ0v) is 59.8. The minimum atomic E-state index is -0.341. The van der Waals surface area contributed by atoms with Gasteiger partial charge in [-0.05, 0) is 111 Å². The van der Waals surface area contributed by atoms with E-state index in [-0.39, 0.29) is 28.1 Å². The van der Waals surface area contributed by atoms with Crippen molar-refractivity contribution < 1.29 is 4.39 Å². The summed E-state index contributed by atoms with van der Waals surface area (Å²) in [5.41, 5.74) is 11.9. The standard InChI is InChI=1S/C18H13BrFN5O.C18H14BrN5O.C18H20BrN5O.C18H14BrN5O/c19-13-10-23-25-16(21-8-11-5-6-17(26)22-9-11)7-15(24-18(13)25)12-3-1-2-4-14(12)20;19-14-11-21-24-16(20-10-13-7-4-8-17(25)22-13)9-15(23-18(14)24)12-5-2-1-3-6-12;2*19-14-11-22-24-16(20-9-12-6-7-17(25)21-10-12)8-15(23-18(14)24)13-4-2-1-3-5-13/h1-7,9-10,21H,8H2,(H,22,26);1-9,11,20H,10H2,(H,22,25);6-8,10-11,13,20H,1-5,9H2,(H,21,25);1-8,10-11,20H,9H2,(H,21,25). The average Bonchev–Trinajstić information content (AvgIpc) is 1.73. The number of nitrogens with one attached hydrogen (secondary N) is 8. The van der Waals surface area contributed by atoms with Crippen molar-refractivity contribution in [3.8, 4) is 33.8 Å². The summed E-state index contributed by atoms with van der Waals surface area (Å²) in [5, 5.41) is 30.8. The Labute approximate surface area is 607 Å². The van der Waals surface area contributed by atoms with Gasteiger partial charge >= 0.3 is 0 Å². The fourth-order valence-corrected chi connectivity index (χ4v) is 12.6. The molecule has 29 heteroatoms. The maximum Gasteiger partial charge on any atom is 0.248 e. The molecule has 0 amide bonds. The van der Waals surface area contributed by atoms with Crippen LogP contribution >= 0.6 is 63.7 Å². The maximum atomic E-state index is 14.2. The van der Waals surface area contributed by atoms with Crippen LogP contribution in [0.1, 0.15) is 66.1 Å². The summed E-state index contributed by atoms with van der Waals surface area (Å²) in [5.74, 6) is 3.37. The van der Waals surface area contributed by atoms with Gasteiger partial charge in [0.15, 0.2) is 22.6 Å². The molecule has 12 heterocycles. The Bertz CT molecular complexity index is 5600. The minimum absolute atomic E-state index is 0.0920. The van der Waals surface area contributed by atoms with E-state index in [4.69, 9.17) is 15.0 Å². The molecule has 1 aliphatic carbocycles. The molecule has 0 spiro atoms. The van der Waals surface area contributed by atoms with Crippen molar-refractivity contribution in [3.05, 3.63) is 300 Å². The van der Waals surface area contributed by atoms with Crippen molar-refractivity contribution >= 4 is 110 Å². The SMILES string of the molecule is O=c1ccc(CNc2cc(-c3ccccc3)nc3c(Br)cnn23)c[nH]1.O=c1ccc(CNc2cc(-c3ccccc3F)nc3c(Br)cnn23)c[nH]1.O=c1ccc(CNc2cc(C3CCCCC3)nc3c(Br)cnn23)c[nH]1.O=c1cccc(CNc2cc(-c3ccccc3)nc3c(Br)cnn23)[nH]1. The van der Waals surface area contributed by atoms with Crippen LogP contribution in [0.4, 0.5) is 27.7 Å². The second-order valence-electron chi connectivity index (χ2n) is 23.2. The molecular formula is C72H61Br4FN20O4. The largest absolute Gasteiger partial charge is 0.366 e. The molecule has 24 nitrogen and oxygen atoms in total. The number of aromatic nitrogens is 16. The summed E-state index contributed by atoms with van der Waals surface area (Å²) < 4.78 is 24.4. The van der Waals surface area contributed by atoms with Gasteiger partial charge in [-0.25, -0.2) is 24.3 Å². The van der Waals surface area contributed by atoms with Gasteiger partial charge in [0, 0.05) is 121 Å². The van der Waals surface area contributed by atoms with Crippen molar-refractivity contribution in [2.75, 3.05) is 21.3 Å². The molecule has 1 fully saturated rings. The highest BCUT2D eigenvalue weighted by Gasteiger charge is 2.21. The minimum Gasteiger partial charge on any atom is -0.366 e. The van der Waals surface area contributed by atoms with Crippen LogP contribution in [0.5, 0.6) is 0 Å². The fourth-order valence-electron chi connectivity index (χ4n) is 11.2. The highest BCUT2D eigenvalue weighted by Crippen LogP contribution is 2.35. The van der Waals surface area contributed by atoms with Crippen LogP contribution < -0.4 is 43.5 Å². The molecule has 1 aliphatic rings. The summed E-state index contributed by atoms with van der Waals surface area (Å²) >= 11 is 14.0. The lowest BCUT2D eigenvalue weighted by Gasteiger charge is -2.22. The molecule has 0 atom stereocenters. The van der Waals surface area contributed by atoms with E-state index >= 15 is 0 Å². The number of anilines is 4. The number of pyridine rings is 4. The van der Waals surface area contributed by atoms with Crippen LogP contribution in [0.25, 0.3) is 56.4 Å². The Morgan fingerprint density at radius 3 is 1.23 bits per heavy atom. The van der Waals surface area contributed by atoms with Gasteiger partial charge in [0.2, 0.25) is 22.2 Å². The van der Waals surface area contributed by atoms with E-state index in [1.807, 2.05) is 89.4 Å². The number of nitrogens with zero attached hydrogens (tertiary/aromatic N) is 12. The highest BCUT2D eigenvalue weighted by atomic mass is 79.9. The molecular weight excluding hydrogens is 1550 g/mol. The summed E-state index contributed by atoms with van der Waals surface area (Å²) in [6, 6.07) is 49.2. The van der Waals surface area contributed by atoms with Gasteiger partial charge in [0.05, 0.1) is 66.3 Å². The molecule has 0 aliphatic heterocycles. The van der Waals surface area contributed by atoms with Gasteiger partial charge in [-0.1, -0.05) is 116 Å². The van der Waals surface area contributed by atoms with Gasteiger partial charge in [-0.3, -0.25) is 19.2 Å². The zero-order chi connectivity index (χ0) is 69.8. The fraction of sp³-hybridized carbons (Fsp3) is 0.139. The molecule has 0 unspecified atom stereocenters. The molecule has 12 aromatic heterocycles. The number of aromatic amines is 4. The van der Waals surface area contributed by atoms with E-state index in [9.17, 15) is 23.6 Å². The van der Waals surface area contributed by atoms with E-state index in [0.29, 0.717) is 59.3 Å². The first-order chi connectivity index (χ1) is 49.2. The monoisotopic (exact) mass is 1600 g/mol. The average molecular weight is 1610 g/mol. The maximum absolute atomic E-state index is 14.2. The quantitative estimate of drug-likeness (QED) is 0.0446. The number of rotatable bonds is 16. The number of benzene rings is 3. The summed E-state index contributed by atoms with van der Waals surface area (Å²) in [6.45, 7) is 2.10. The molecule has 1 saturated carbocycles. The van der Waals surface area contributed by atoms with E-state index < -0.39 is 0 Å². The predicted molar refractivity (Wildman–Crippen MR) is 402 cm³/mol. The Kier molecular flexibility index (Phi) is 21.6. The first-order valence-corrected chi connectivity index (χ1v) is 35.1. The van der Waals surface area contributed by atoms with Crippen LogP contribution in [0.3, 0.4) is 0 Å². The van der Waals surface area contributed by atoms with Crippen LogP contribution in [0, 0.1) is 5.82 Å². The van der Waals surface area contributed by atoms with E-state index in [1.54, 1.807) is 99.4 Å². The first kappa shape index (κ1) is 68.5. The van der Waals surface area contributed by atoms with Crippen molar-refractivity contribution in [2.45, 2.75) is 64.2 Å². The number of hydrogen-bond acceptors (Lipinski definition) is 16. The van der Waals surface area contributed by atoms with E-state index in [2.05, 4.69) is 136 Å². The molecule has 0 bridgehead atoms. The number of fused-ring (bicyclic) bond motifs is 4. The molecule has 508 valence electrons. The molecule has 0 saturated heterocycles. The lowest BCUT2D eigenvalue weighted by molar-refractivity contribution is 0.437. The van der Waals surface area contributed by atoms with Crippen molar-refractivity contribution in [2.24, 2.45) is 0 Å². The first-order valence-electron chi connectivity index (χ1n) is 31.9. The smallest absolute Gasteiger partial charge is 0.248 e. The third kappa shape index (κ3) is 16.8. The molecule has 101 heavy (non-hydrogen) atoms. The van der Waals surface area contributed by atoms with E-state index in [0.717, 1.165) is 98.4 Å². The normalized spacial score (nSPS) is 12.1. The highest BCUT2D eigenvalue weighted by molar-refractivity contribution is 9.11. The molecule has 8 N–H and O–H groups in total. The topological polar surface area (TPSA) is 300 Å². The third-order valence-corrected chi connectivity index (χ3v) is 18.5. The van der Waals surface area contributed by atoms with Crippen LogP contribution in [-0.2, 0) is 26.2 Å². The van der Waals surface area contributed by atoms with Gasteiger partial charge < -0.3 is 41.2 Å². The zero-order valence-electron chi connectivity index (χ0n) is 53.5. The van der Waals surface area contributed by atoms with Crippen molar-refractivity contribution in [1.82, 2.24) is 78.3 Å². The Balaban J connectivity index is 0.000000120. The second kappa shape index (κ2) is 31.9. The molecule has 3 aromatic carbocycles. The number of hydrogen-bond donors (Lipinski definition) is 8. The van der Waals surface area contributed by atoms with Gasteiger partial charge in [-0.2, -0.15) is 38.5 Å². The van der Waals surface area contributed by atoms with Crippen molar-refractivity contribution in [3.63, 3.8) is 0 Å². The predicted octanol–water partition coefficient (Wildman–Crippen LogP) is 14.4. The van der Waals surface area contributed by atoms with Gasteiger partial charge in [-0.15, -0.1) is 0 Å². The lowest BCUT2D eigenvalue weighted by Crippen LogP contribution is -2.12. The van der Waals surface area contributed by atoms with Crippen LogP contribution in [-0.4, -0.2) is 78.3 Å². The number of halogens is 5. The van der Waals surface area contributed by atoms with Gasteiger partial charge in [0.25, 0.3) is 0 Å². The summed E-state index contributed by atoms with van der Waals surface area (Å²) in [7, 11) is 0. The summed E-state index contributed by atoms with van der Waals surface area (Å²) in [6.07, 6.45) is 18.2. The lowest BCUT2D eigenvalue weighted by atomic mass is 9.87. The van der Waals surface area contributed by atoms with Crippen LogP contribution in [0.2, 0.25) is 0 Å². The van der Waals surface area contributed by atoms with Gasteiger partial charge in [0.1, 0.15) is 29.1 Å². The Hall–Kier alpha value is -11.0. The van der Waals surface area contributed by atoms with Crippen LogP contribution in [0.15, 0.2) is 244 Å². The third-order valence-electron chi connectivity index (χ3n) is 16.3. The second-order valence-corrected chi connectivity index (χ2v) is 26.7.